The van der Waals surface area contributed by atoms with Crippen LogP contribution < -0.4 is 10.1 Å². The molecule has 4 bridgehead atoms. The summed E-state index contributed by atoms with van der Waals surface area (Å²) < 4.78 is 6.01. The van der Waals surface area contributed by atoms with E-state index in [1.54, 1.807) is 12.1 Å². The van der Waals surface area contributed by atoms with Gasteiger partial charge in [-0.2, -0.15) is 0 Å². The lowest BCUT2D eigenvalue weighted by Crippen LogP contribution is -2.59. The van der Waals surface area contributed by atoms with Gasteiger partial charge in [-0.25, -0.2) is 0 Å². The highest BCUT2D eigenvalue weighted by atomic mass is 35.5. The highest BCUT2D eigenvalue weighted by molar-refractivity contribution is 6.30. The number of halogens is 1. The van der Waals surface area contributed by atoms with Crippen LogP contribution >= 0.6 is 11.6 Å². The van der Waals surface area contributed by atoms with Crippen LogP contribution in [0.25, 0.3) is 0 Å². The van der Waals surface area contributed by atoms with Gasteiger partial charge in [-0.05, 0) is 106 Å². The van der Waals surface area contributed by atoms with E-state index in [0.717, 1.165) is 24.2 Å². The summed E-state index contributed by atoms with van der Waals surface area (Å²) in [5.41, 5.74) is -0.598. The van der Waals surface area contributed by atoms with Crippen LogP contribution in [-0.2, 0) is 4.79 Å². The molecule has 0 radical (unpaired) electrons. The SMILES string of the molecule is CCC(NC(=O)C(C)(C)Oc1ccc(Cl)cc1)C12CC3CC(CC(C3)C1)C2. The fraction of sp³-hybridized carbons (Fsp3) is 0.696. The molecule has 27 heavy (non-hydrogen) atoms. The van der Waals surface area contributed by atoms with Gasteiger partial charge in [0.1, 0.15) is 5.75 Å². The first-order valence-corrected chi connectivity index (χ1v) is 10.9. The molecule has 3 nitrogen and oxygen atoms in total. The van der Waals surface area contributed by atoms with Crippen LogP contribution in [-0.4, -0.2) is 17.6 Å². The topological polar surface area (TPSA) is 38.3 Å². The largest absolute Gasteiger partial charge is 0.478 e. The molecule has 4 heteroatoms. The van der Waals surface area contributed by atoms with Gasteiger partial charge in [0.2, 0.25) is 0 Å². The van der Waals surface area contributed by atoms with Crippen LogP contribution in [0, 0.1) is 23.2 Å². The van der Waals surface area contributed by atoms with Crippen LogP contribution in [0.5, 0.6) is 5.75 Å². The lowest BCUT2D eigenvalue weighted by atomic mass is 9.47. The van der Waals surface area contributed by atoms with Gasteiger partial charge >= 0.3 is 0 Å². The average Bonchev–Trinajstić information content (AvgIpc) is 2.60. The summed E-state index contributed by atoms with van der Waals surface area (Å²) in [7, 11) is 0. The fourth-order valence-electron chi connectivity index (χ4n) is 6.47. The first kappa shape index (κ1) is 19.1. The number of carbonyl (C=O) groups excluding carboxylic acids is 1. The zero-order valence-electron chi connectivity index (χ0n) is 16.8. The third-order valence-electron chi connectivity index (χ3n) is 7.27. The van der Waals surface area contributed by atoms with Crippen LogP contribution in [0.3, 0.4) is 0 Å². The van der Waals surface area contributed by atoms with Crippen molar-refractivity contribution in [1.29, 1.82) is 0 Å². The van der Waals surface area contributed by atoms with E-state index in [1.165, 1.54) is 38.5 Å². The number of hydrogen-bond donors (Lipinski definition) is 1. The second-order valence-corrected chi connectivity index (χ2v) is 10.2. The molecule has 0 aromatic heterocycles. The summed E-state index contributed by atoms with van der Waals surface area (Å²) in [5, 5.41) is 4.07. The van der Waals surface area contributed by atoms with Gasteiger partial charge in [0.15, 0.2) is 5.60 Å². The molecule has 148 valence electrons. The van der Waals surface area contributed by atoms with Gasteiger partial charge in [-0.1, -0.05) is 18.5 Å². The minimum atomic E-state index is -0.913. The van der Waals surface area contributed by atoms with Gasteiger partial charge in [-0.3, -0.25) is 4.79 Å². The van der Waals surface area contributed by atoms with E-state index < -0.39 is 5.60 Å². The molecule has 0 spiro atoms. The van der Waals surface area contributed by atoms with Crippen LogP contribution in [0.4, 0.5) is 0 Å². The molecule has 4 fully saturated rings. The Balaban J connectivity index is 1.46. The molecule has 0 heterocycles. The highest BCUT2D eigenvalue weighted by Gasteiger charge is 2.54. The molecule has 4 aliphatic carbocycles. The van der Waals surface area contributed by atoms with Crippen molar-refractivity contribution in [2.45, 2.75) is 77.4 Å². The molecule has 0 saturated heterocycles. The van der Waals surface area contributed by atoms with Crippen molar-refractivity contribution in [3.8, 4) is 5.75 Å². The third-order valence-corrected chi connectivity index (χ3v) is 7.52. The predicted octanol–water partition coefficient (Wildman–Crippen LogP) is 5.61. The van der Waals surface area contributed by atoms with Crippen molar-refractivity contribution < 1.29 is 9.53 Å². The molecule has 1 N–H and O–H groups in total. The molecule has 5 rings (SSSR count). The Hall–Kier alpha value is -1.22. The zero-order valence-corrected chi connectivity index (χ0v) is 17.5. The van der Waals surface area contributed by atoms with E-state index in [2.05, 4.69) is 12.2 Å². The molecular formula is C23H32ClNO2. The molecule has 1 aromatic carbocycles. The maximum atomic E-state index is 13.1. The van der Waals surface area contributed by atoms with Gasteiger partial charge in [0, 0.05) is 11.1 Å². The third kappa shape index (κ3) is 3.72. The molecular weight excluding hydrogens is 358 g/mol. The summed E-state index contributed by atoms with van der Waals surface area (Å²) in [6.45, 7) is 5.92. The minimum Gasteiger partial charge on any atom is -0.478 e. The first-order valence-electron chi connectivity index (χ1n) is 10.6. The van der Waals surface area contributed by atoms with E-state index in [0.29, 0.717) is 16.2 Å². The van der Waals surface area contributed by atoms with Crippen molar-refractivity contribution in [2.75, 3.05) is 0 Å². The van der Waals surface area contributed by atoms with E-state index in [9.17, 15) is 4.79 Å². The standard InChI is InChI=1S/C23H32ClNO2/c1-4-20(23-12-15-9-16(13-23)11-17(10-15)14-23)25-21(26)22(2,3)27-19-7-5-18(24)6-8-19/h5-8,15-17,20H,4,9-14H2,1-3H3,(H,25,26). The lowest BCUT2D eigenvalue weighted by Gasteiger charge is -2.59. The first-order chi connectivity index (χ1) is 12.8. The monoisotopic (exact) mass is 389 g/mol. The highest BCUT2D eigenvalue weighted by Crippen LogP contribution is 2.61. The molecule has 4 saturated carbocycles. The quantitative estimate of drug-likeness (QED) is 0.686. The van der Waals surface area contributed by atoms with Gasteiger partial charge < -0.3 is 10.1 Å². The normalized spacial score (nSPS) is 33.0. The Morgan fingerprint density at radius 1 is 1.15 bits per heavy atom. The summed E-state index contributed by atoms with van der Waals surface area (Å²) in [6, 6.07) is 7.46. The molecule has 1 aromatic rings. The molecule has 1 amide bonds. The van der Waals surface area contributed by atoms with Crippen LogP contribution in [0.15, 0.2) is 24.3 Å². The van der Waals surface area contributed by atoms with Gasteiger partial charge in [0.05, 0.1) is 0 Å². The predicted molar refractivity (Wildman–Crippen MR) is 109 cm³/mol. The minimum absolute atomic E-state index is 0.0138. The number of amides is 1. The van der Waals surface area contributed by atoms with E-state index in [1.807, 2.05) is 26.0 Å². The molecule has 4 aliphatic rings. The zero-order chi connectivity index (χ0) is 19.2. The van der Waals surface area contributed by atoms with Crippen molar-refractivity contribution >= 4 is 17.5 Å². The number of ether oxygens (including phenoxy) is 1. The maximum Gasteiger partial charge on any atom is 0.263 e. The van der Waals surface area contributed by atoms with E-state index in [4.69, 9.17) is 16.3 Å². The Kier molecular flexibility index (Phi) is 4.95. The second kappa shape index (κ2) is 6.99. The van der Waals surface area contributed by atoms with Gasteiger partial charge in [-0.15, -0.1) is 0 Å². The smallest absolute Gasteiger partial charge is 0.263 e. The Labute approximate surface area is 168 Å². The summed E-state index contributed by atoms with van der Waals surface area (Å²) >= 11 is 5.95. The van der Waals surface area contributed by atoms with Crippen LogP contribution in [0.2, 0.25) is 5.02 Å². The fourth-order valence-corrected chi connectivity index (χ4v) is 6.59. The Morgan fingerprint density at radius 2 is 1.67 bits per heavy atom. The van der Waals surface area contributed by atoms with Crippen molar-refractivity contribution in [1.82, 2.24) is 5.32 Å². The maximum absolute atomic E-state index is 13.1. The molecule has 1 atom stereocenters. The average molecular weight is 390 g/mol. The number of carbonyl (C=O) groups is 1. The summed E-state index contributed by atoms with van der Waals surface area (Å²) in [6.07, 6.45) is 9.18. The Morgan fingerprint density at radius 3 is 2.15 bits per heavy atom. The van der Waals surface area contributed by atoms with Crippen molar-refractivity contribution in [3.05, 3.63) is 29.3 Å². The lowest BCUT2D eigenvalue weighted by molar-refractivity contribution is -0.139. The summed E-state index contributed by atoms with van der Waals surface area (Å²) in [5.74, 6) is 3.32. The summed E-state index contributed by atoms with van der Waals surface area (Å²) in [4.78, 5) is 13.1. The number of nitrogens with one attached hydrogen (secondary N) is 1. The van der Waals surface area contributed by atoms with E-state index >= 15 is 0 Å². The molecule has 1 unspecified atom stereocenters. The van der Waals surface area contributed by atoms with Crippen molar-refractivity contribution in [3.63, 3.8) is 0 Å². The Bertz CT molecular complexity index is 662. The second-order valence-electron chi connectivity index (χ2n) is 9.78. The molecule has 0 aliphatic heterocycles. The van der Waals surface area contributed by atoms with Gasteiger partial charge in [0.25, 0.3) is 5.91 Å². The number of hydrogen-bond acceptors (Lipinski definition) is 2. The number of rotatable bonds is 6. The van der Waals surface area contributed by atoms with Crippen molar-refractivity contribution in [2.24, 2.45) is 23.2 Å². The van der Waals surface area contributed by atoms with E-state index in [-0.39, 0.29) is 11.9 Å². The number of benzene rings is 1. The van der Waals surface area contributed by atoms with Crippen LogP contribution in [0.1, 0.15) is 65.7 Å².